The van der Waals surface area contributed by atoms with E-state index in [-0.39, 0.29) is 65.4 Å². The van der Waals surface area contributed by atoms with Crippen LogP contribution in [0.25, 0.3) is 0 Å². The number of halogens is 1. The van der Waals surface area contributed by atoms with Gasteiger partial charge in [0.05, 0.1) is 12.6 Å². The minimum absolute atomic E-state index is 0. The second-order valence-electron chi connectivity index (χ2n) is 5.35. The van der Waals surface area contributed by atoms with Crippen molar-refractivity contribution >= 4 is 34.9 Å². The molecule has 0 aliphatic carbocycles. The van der Waals surface area contributed by atoms with Crippen LogP contribution in [0.1, 0.15) is 40.5 Å². The van der Waals surface area contributed by atoms with E-state index >= 15 is 0 Å². The summed E-state index contributed by atoms with van der Waals surface area (Å²) in [7, 11) is 0. The molecule has 1 aliphatic rings. The van der Waals surface area contributed by atoms with Gasteiger partial charge >= 0.3 is 29.1 Å². The Kier molecular flexibility index (Phi) is 13.6. The summed E-state index contributed by atoms with van der Waals surface area (Å²) in [6.07, 6.45) is 0.637. The van der Waals surface area contributed by atoms with Gasteiger partial charge in [0.1, 0.15) is 11.7 Å². The number of carbonyl (C=O) groups is 2. The maximum Gasteiger partial charge on any atom is 2.00 e. The number of amides is 1. The topological polar surface area (TPSA) is 64.6 Å². The number of ether oxygens (including phenoxy) is 2. The van der Waals surface area contributed by atoms with E-state index in [1.807, 2.05) is 20.8 Å². The average Bonchev–Trinajstić information content (AvgIpc) is 2.15. The zero-order chi connectivity index (χ0) is 13.1. The number of rotatable bonds is 2. The monoisotopic (exact) mass is 361 g/mol. The molecule has 1 heterocycles. The van der Waals surface area contributed by atoms with Gasteiger partial charge in [-0.05, 0) is 40.5 Å². The molecule has 0 aromatic heterocycles. The molecular weight excluding hydrogens is 338 g/mol. The Balaban J connectivity index is -0.000000963. The summed E-state index contributed by atoms with van der Waals surface area (Å²) in [6.45, 7) is 7.33. The van der Waals surface area contributed by atoms with Gasteiger partial charge in [-0.25, -0.2) is 4.79 Å². The number of alkyl carbamates (subject to hydrolysis) is 1. The van der Waals surface area contributed by atoms with Gasteiger partial charge in [-0.3, -0.25) is 4.79 Å². The maximum absolute atomic E-state index is 11.5. The molecule has 0 saturated carbocycles. The van der Waals surface area contributed by atoms with Gasteiger partial charge in [0.25, 0.3) is 0 Å². The molecule has 1 amide bonds. The Bertz CT molecular complexity index is 299. The van der Waals surface area contributed by atoms with Crippen LogP contribution in [-0.2, 0) is 14.3 Å². The fourth-order valence-corrected chi connectivity index (χ4v) is 1.66. The minimum Gasteiger partial charge on any atom is -1.00 e. The summed E-state index contributed by atoms with van der Waals surface area (Å²) in [5.41, 5.74) is -0.498. The third-order valence-corrected chi connectivity index (χ3v) is 2.45. The van der Waals surface area contributed by atoms with Crippen molar-refractivity contribution in [3.05, 3.63) is 7.43 Å². The summed E-state index contributed by atoms with van der Waals surface area (Å²) in [6, 6.07) is -0.0690. The van der Waals surface area contributed by atoms with E-state index in [0.29, 0.717) is 13.0 Å². The number of hydrogen-bond donors (Lipinski definition) is 1. The number of ketones is 1. The second kappa shape index (κ2) is 10.8. The predicted octanol–water partition coefficient (Wildman–Crippen LogP) is -1.28. The molecule has 0 aromatic rings. The molecule has 0 bridgehead atoms. The Hall–Kier alpha value is 0.146. The maximum atomic E-state index is 11.5. The Morgan fingerprint density at radius 2 is 1.80 bits per heavy atom. The molecule has 1 rings (SSSR count). The number of nitrogens with one attached hydrogen (secondary N) is 1. The molecule has 0 unspecified atom stereocenters. The third kappa shape index (κ3) is 9.96. The van der Waals surface area contributed by atoms with Crippen LogP contribution < -0.4 is 22.3 Å². The van der Waals surface area contributed by atoms with Gasteiger partial charge in [0.2, 0.25) is 0 Å². The third-order valence-electron chi connectivity index (χ3n) is 2.45. The van der Waals surface area contributed by atoms with E-state index in [9.17, 15) is 9.59 Å². The van der Waals surface area contributed by atoms with E-state index in [1.54, 1.807) is 0 Å². The van der Waals surface area contributed by atoms with Gasteiger partial charge in [-0.15, -0.1) is 0 Å². The first-order chi connectivity index (χ1) is 7.78. The summed E-state index contributed by atoms with van der Waals surface area (Å²) >= 11 is 0. The fourth-order valence-electron chi connectivity index (χ4n) is 1.66. The molecule has 114 valence electrons. The first kappa shape index (κ1) is 25.1. The first-order valence-electron chi connectivity index (χ1n) is 5.89. The molecular formula is C13H24BrMgNO4. The van der Waals surface area contributed by atoms with Crippen molar-refractivity contribution in [3.63, 3.8) is 0 Å². The molecule has 0 spiro atoms. The van der Waals surface area contributed by atoms with Crippen LogP contribution in [0.5, 0.6) is 0 Å². The summed E-state index contributed by atoms with van der Waals surface area (Å²) < 4.78 is 10.5. The number of Topliss-reactive ketones (excluding diaryl/α,β-unsaturated/α-hetero) is 1. The van der Waals surface area contributed by atoms with Gasteiger partial charge in [-0.2, -0.15) is 0 Å². The fraction of sp³-hybridized carbons (Fsp3) is 0.769. The molecule has 5 nitrogen and oxygen atoms in total. The van der Waals surface area contributed by atoms with Crippen LogP contribution in [0, 0.1) is 7.43 Å². The first-order valence-corrected chi connectivity index (χ1v) is 5.89. The van der Waals surface area contributed by atoms with E-state index < -0.39 is 11.7 Å². The van der Waals surface area contributed by atoms with Crippen molar-refractivity contribution in [2.75, 3.05) is 6.61 Å². The summed E-state index contributed by atoms with van der Waals surface area (Å²) in [5, 5.41) is 2.74. The zero-order valence-corrected chi connectivity index (χ0v) is 16.0. The van der Waals surface area contributed by atoms with Crippen LogP contribution in [0.2, 0.25) is 0 Å². The van der Waals surface area contributed by atoms with Crippen LogP contribution in [-0.4, -0.2) is 59.3 Å². The van der Waals surface area contributed by atoms with Crippen LogP contribution in [0.4, 0.5) is 4.79 Å². The van der Waals surface area contributed by atoms with Crippen LogP contribution >= 0.6 is 0 Å². The largest absolute Gasteiger partial charge is 2.00 e. The SMILES string of the molecule is CC(=O)[C@@H]1CC[C@@H](NC(=O)OC(C)(C)C)CO1.[Br-].[CH3-].[Mg+2]. The van der Waals surface area contributed by atoms with Crippen molar-refractivity contribution in [2.24, 2.45) is 0 Å². The van der Waals surface area contributed by atoms with Crippen molar-refractivity contribution in [1.29, 1.82) is 0 Å². The van der Waals surface area contributed by atoms with Crippen molar-refractivity contribution in [2.45, 2.75) is 58.3 Å². The van der Waals surface area contributed by atoms with Gasteiger partial charge in [0, 0.05) is 0 Å². The van der Waals surface area contributed by atoms with Crippen molar-refractivity contribution < 1.29 is 36.0 Å². The summed E-state index contributed by atoms with van der Waals surface area (Å²) in [5.74, 6) is 0.0423. The molecule has 1 saturated heterocycles. The molecule has 0 aromatic carbocycles. The van der Waals surface area contributed by atoms with Gasteiger partial charge in [-0.1, -0.05) is 0 Å². The van der Waals surface area contributed by atoms with Crippen molar-refractivity contribution in [3.8, 4) is 0 Å². The Morgan fingerprint density at radius 1 is 1.25 bits per heavy atom. The van der Waals surface area contributed by atoms with Gasteiger partial charge in [0.15, 0.2) is 5.78 Å². The number of hydrogen-bond acceptors (Lipinski definition) is 4. The average molecular weight is 363 g/mol. The molecule has 0 radical (unpaired) electrons. The molecule has 1 fully saturated rings. The number of carbonyl (C=O) groups excluding carboxylic acids is 2. The second-order valence-corrected chi connectivity index (χ2v) is 5.35. The zero-order valence-electron chi connectivity index (χ0n) is 13.0. The van der Waals surface area contributed by atoms with Gasteiger partial charge < -0.3 is 39.2 Å². The van der Waals surface area contributed by atoms with E-state index in [2.05, 4.69) is 5.32 Å². The Labute approximate surface area is 148 Å². The van der Waals surface area contributed by atoms with Crippen LogP contribution in [0.3, 0.4) is 0 Å². The quantitative estimate of drug-likeness (QED) is 0.491. The minimum atomic E-state index is -0.498. The van der Waals surface area contributed by atoms with E-state index in [4.69, 9.17) is 9.47 Å². The van der Waals surface area contributed by atoms with E-state index in [0.717, 1.165) is 6.42 Å². The normalized spacial score (nSPS) is 21.4. The standard InChI is InChI=1S/C12H21NO4.CH3.BrH.Mg/c1-8(14)10-6-5-9(7-16-10)13-11(15)17-12(2,3)4;;;/h9-10H,5-7H2,1-4H3,(H,13,15);1H3;1H;/q;-1;;+2/p-1/t9-,10+;;;/m1.../s1. The van der Waals surface area contributed by atoms with Crippen LogP contribution in [0.15, 0.2) is 0 Å². The molecule has 20 heavy (non-hydrogen) atoms. The van der Waals surface area contributed by atoms with E-state index in [1.165, 1.54) is 6.92 Å². The van der Waals surface area contributed by atoms with Crippen molar-refractivity contribution in [1.82, 2.24) is 5.32 Å². The Morgan fingerprint density at radius 3 is 2.15 bits per heavy atom. The molecule has 7 heteroatoms. The molecule has 2 atom stereocenters. The smallest absolute Gasteiger partial charge is 1.00 e. The molecule has 1 N–H and O–H groups in total. The predicted molar refractivity (Wildman–Crippen MR) is 75.0 cm³/mol. The summed E-state index contributed by atoms with van der Waals surface area (Å²) in [4.78, 5) is 22.6. The molecule has 1 aliphatic heterocycles.